The van der Waals surface area contributed by atoms with Crippen LogP contribution in [-0.4, -0.2) is 34.1 Å². The van der Waals surface area contributed by atoms with Gasteiger partial charge in [-0.05, 0) is 69.6 Å². The van der Waals surface area contributed by atoms with Gasteiger partial charge in [-0.3, -0.25) is 4.72 Å². The number of aliphatic imine (C=N–C) groups is 1. The van der Waals surface area contributed by atoms with E-state index in [9.17, 15) is 0 Å². The van der Waals surface area contributed by atoms with Crippen LogP contribution in [0.25, 0.3) is 0 Å². The Hall–Kier alpha value is -2.44. The molecule has 2 N–H and O–H groups in total. The lowest BCUT2D eigenvalue weighted by Crippen LogP contribution is -2.19. The molecule has 0 heterocycles. The normalized spacial score (nSPS) is 11.1. The Labute approximate surface area is 187 Å². The molecule has 5 nitrogen and oxygen atoms in total. The first-order chi connectivity index (χ1) is 14.2. The van der Waals surface area contributed by atoms with Crippen molar-refractivity contribution < 1.29 is 4.74 Å². The van der Waals surface area contributed by atoms with Crippen LogP contribution in [0.15, 0.2) is 76.0 Å². The lowest BCUT2D eigenvalue weighted by molar-refractivity contribution is 0.301. The van der Waals surface area contributed by atoms with E-state index in [2.05, 4.69) is 51.3 Å². The fourth-order valence-corrected chi connectivity index (χ4v) is 3.06. The van der Waals surface area contributed by atoms with Crippen LogP contribution in [-0.2, 0) is 4.74 Å². The molecule has 166 valence electrons. The highest BCUT2D eigenvalue weighted by Gasteiger charge is 2.13. The minimum absolute atomic E-state index is 0.695. The van der Waals surface area contributed by atoms with Crippen molar-refractivity contribution in [2.75, 3.05) is 38.5 Å². The summed E-state index contributed by atoms with van der Waals surface area (Å²) in [7, 11) is 7.57. The molecule has 0 aliphatic rings. The number of benzene rings is 1. The van der Waals surface area contributed by atoms with Gasteiger partial charge >= 0.3 is 0 Å². The number of hydrogen-bond donors (Lipinski definition) is 2. The molecule has 6 heteroatoms. The largest absolute Gasteiger partial charge is 0.496 e. The van der Waals surface area contributed by atoms with E-state index in [-0.39, 0.29) is 0 Å². The van der Waals surface area contributed by atoms with Crippen molar-refractivity contribution in [2.45, 2.75) is 39.5 Å². The molecule has 0 saturated heterocycles. The first-order valence-corrected chi connectivity index (χ1v) is 10.8. The average Bonchev–Trinajstić information content (AvgIpc) is 2.69. The molecule has 0 bridgehead atoms. The fourth-order valence-electron chi connectivity index (χ4n) is 2.51. The van der Waals surface area contributed by atoms with Crippen LogP contribution >= 0.6 is 11.9 Å². The van der Waals surface area contributed by atoms with E-state index in [4.69, 9.17) is 4.74 Å². The van der Waals surface area contributed by atoms with Crippen LogP contribution in [0, 0.1) is 0 Å². The van der Waals surface area contributed by atoms with E-state index in [1.807, 2.05) is 61.8 Å². The summed E-state index contributed by atoms with van der Waals surface area (Å²) in [5.74, 6) is 1.41. The molecule has 30 heavy (non-hydrogen) atoms. The number of hydrogen-bond acceptors (Lipinski definition) is 5. The van der Waals surface area contributed by atoms with E-state index < -0.39 is 0 Å². The quantitative estimate of drug-likeness (QED) is 0.156. The highest BCUT2D eigenvalue weighted by Crippen LogP contribution is 2.30. The third kappa shape index (κ3) is 8.51. The van der Waals surface area contributed by atoms with Gasteiger partial charge in [-0.2, -0.15) is 0 Å². The summed E-state index contributed by atoms with van der Waals surface area (Å²) in [6, 6.07) is 6.26. The zero-order valence-corrected chi connectivity index (χ0v) is 20.8. The lowest BCUT2D eigenvalue weighted by atomic mass is 10.1. The standard InChI is InChI=1S/C22H32N4OS.C2H6/c1-10-24-22(18(15(2)3)14-21(27-9)16(4)5)25-19-13-17(28-23-6)11-12-20(19)26(7)8;1-2/h10-14,23H,1,4H2,2-3,5-9H3,(H,24,25);1-2H3/b21-14+;. The second-order valence-electron chi connectivity index (χ2n) is 6.57. The molecule has 0 aliphatic heterocycles. The molecule has 0 spiro atoms. The van der Waals surface area contributed by atoms with Gasteiger partial charge in [0.2, 0.25) is 0 Å². The Bertz CT molecular complexity index is 803. The van der Waals surface area contributed by atoms with Gasteiger partial charge < -0.3 is 15.0 Å². The summed E-state index contributed by atoms with van der Waals surface area (Å²) in [6.07, 6.45) is 3.49. The molecule has 1 rings (SSSR count). The summed E-state index contributed by atoms with van der Waals surface area (Å²) in [5.41, 5.74) is 4.88. The van der Waals surface area contributed by atoms with Crippen LogP contribution in [0.2, 0.25) is 0 Å². The SMILES string of the molecule is C=CN=C(Nc1cc(SNC)ccc1N(C)C)C(/C=C(/OC)C(=C)C)=C(C)C.CC. The summed E-state index contributed by atoms with van der Waals surface area (Å²) in [5, 5.41) is 3.49. The minimum Gasteiger partial charge on any atom is -0.496 e. The number of nitrogens with zero attached hydrogens (tertiary/aromatic N) is 2. The summed E-state index contributed by atoms with van der Waals surface area (Å²) in [6.45, 7) is 17.8. The second kappa shape index (κ2) is 14.5. The van der Waals surface area contributed by atoms with Crippen LogP contribution < -0.4 is 14.9 Å². The first kappa shape index (κ1) is 27.6. The molecule has 0 aromatic heterocycles. The highest BCUT2D eigenvalue weighted by molar-refractivity contribution is 7.97. The number of amidine groups is 1. The van der Waals surface area contributed by atoms with Crippen molar-refractivity contribution in [1.29, 1.82) is 0 Å². The smallest absolute Gasteiger partial charge is 0.137 e. The number of allylic oxidation sites excluding steroid dienone is 2. The monoisotopic (exact) mass is 430 g/mol. The Morgan fingerprint density at radius 1 is 1.20 bits per heavy atom. The van der Waals surface area contributed by atoms with E-state index in [1.165, 1.54) is 6.20 Å². The van der Waals surface area contributed by atoms with E-state index >= 15 is 0 Å². The molecule has 1 aromatic rings. The van der Waals surface area contributed by atoms with Gasteiger partial charge in [0.15, 0.2) is 0 Å². The van der Waals surface area contributed by atoms with Crippen molar-refractivity contribution in [1.82, 2.24) is 4.72 Å². The topological polar surface area (TPSA) is 48.9 Å². The molecule has 0 fully saturated rings. The Kier molecular flexibility index (Phi) is 13.3. The van der Waals surface area contributed by atoms with Gasteiger partial charge in [-0.15, -0.1) is 0 Å². The van der Waals surface area contributed by atoms with E-state index in [0.29, 0.717) is 11.6 Å². The molecule has 0 atom stereocenters. The van der Waals surface area contributed by atoms with Gasteiger partial charge in [0, 0.05) is 30.8 Å². The molecule has 0 saturated carbocycles. The summed E-state index contributed by atoms with van der Waals surface area (Å²) in [4.78, 5) is 7.67. The Balaban J connectivity index is 0.00000407. The van der Waals surface area contributed by atoms with Gasteiger partial charge in [0.25, 0.3) is 0 Å². The molecule has 0 radical (unpaired) electrons. The molecule has 0 aliphatic carbocycles. The number of nitrogens with one attached hydrogen (secondary N) is 2. The van der Waals surface area contributed by atoms with E-state index in [0.717, 1.165) is 33.0 Å². The minimum atomic E-state index is 0.695. The molecule has 0 amide bonds. The molecule has 1 aromatic carbocycles. The maximum Gasteiger partial charge on any atom is 0.137 e. The molecular weight excluding hydrogens is 392 g/mol. The van der Waals surface area contributed by atoms with Crippen LogP contribution in [0.3, 0.4) is 0 Å². The van der Waals surface area contributed by atoms with Gasteiger partial charge in [-0.25, -0.2) is 4.99 Å². The predicted octanol–water partition coefficient (Wildman–Crippen LogP) is 6.40. The third-order valence-electron chi connectivity index (χ3n) is 3.85. The zero-order valence-electron chi connectivity index (χ0n) is 20.0. The lowest BCUT2D eigenvalue weighted by Gasteiger charge is -2.21. The Morgan fingerprint density at radius 3 is 2.27 bits per heavy atom. The second-order valence-corrected chi connectivity index (χ2v) is 7.66. The molecular formula is C24H38N4OS. The van der Waals surface area contributed by atoms with Gasteiger partial charge in [0.1, 0.15) is 11.6 Å². The summed E-state index contributed by atoms with van der Waals surface area (Å²) >= 11 is 1.56. The van der Waals surface area contributed by atoms with Crippen LogP contribution in [0.1, 0.15) is 34.6 Å². The van der Waals surface area contributed by atoms with E-state index in [1.54, 1.807) is 19.1 Å². The highest BCUT2D eigenvalue weighted by atomic mass is 32.2. The van der Waals surface area contributed by atoms with Crippen LogP contribution in [0.4, 0.5) is 11.4 Å². The maximum absolute atomic E-state index is 5.48. The maximum atomic E-state index is 5.48. The van der Waals surface area contributed by atoms with Crippen molar-refractivity contribution in [3.05, 3.63) is 66.1 Å². The number of anilines is 2. The van der Waals surface area contributed by atoms with Crippen LogP contribution in [0.5, 0.6) is 0 Å². The van der Waals surface area contributed by atoms with Gasteiger partial charge in [0.05, 0.1) is 18.5 Å². The number of methoxy groups -OCH3 is 1. The third-order valence-corrected chi connectivity index (χ3v) is 4.55. The molecule has 0 unspecified atom stereocenters. The predicted molar refractivity (Wildman–Crippen MR) is 137 cm³/mol. The number of rotatable bonds is 9. The summed E-state index contributed by atoms with van der Waals surface area (Å²) < 4.78 is 8.59. The van der Waals surface area contributed by atoms with Crippen molar-refractivity contribution >= 4 is 29.2 Å². The number of ether oxygens (including phenoxy) is 1. The van der Waals surface area contributed by atoms with Gasteiger partial charge in [-0.1, -0.05) is 32.6 Å². The zero-order chi connectivity index (χ0) is 23.3. The van der Waals surface area contributed by atoms with Crippen molar-refractivity contribution in [3.8, 4) is 0 Å². The average molecular weight is 431 g/mol. The Morgan fingerprint density at radius 2 is 1.83 bits per heavy atom. The van der Waals surface area contributed by atoms with Crippen molar-refractivity contribution in [2.24, 2.45) is 4.99 Å². The van der Waals surface area contributed by atoms with Crippen molar-refractivity contribution in [3.63, 3.8) is 0 Å². The first-order valence-electron chi connectivity index (χ1n) is 9.95. The fraction of sp³-hybridized carbons (Fsp3) is 0.375.